The second-order valence-electron chi connectivity index (χ2n) is 3.53. The molecular weight excluding hydrogens is 299 g/mol. The highest BCUT2D eigenvalue weighted by Crippen LogP contribution is 2.27. The third-order valence-corrected chi connectivity index (χ3v) is 2.87. The predicted octanol–water partition coefficient (Wildman–Crippen LogP) is 3.18. The molecule has 1 aromatic carbocycles. The van der Waals surface area contributed by atoms with Gasteiger partial charge in [-0.2, -0.15) is 5.26 Å². The minimum Gasteiger partial charge on any atom is -0.397 e. The quantitative estimate of drug-likeness (QED) is 0.893. The summed E-state index contributed by atoms with van der Waals surface area (Å²) in [6.45, 7) is 0. The van der Waals surface area contributed by atoms with Crippen LogP contribution in [0.1, 0.15) is 5.56 Å². The minimum absolute atomic E-state index is 0.325. The van der Waals surface area contributed by atoms with Gasteiger partial charge in [0.2, 0.25) is 0 Å². The predicted molar refractivity (Wildman–Crippen MR) is 70.7 cm³/mol. The van der Waals surface area contributed by atoms with E-state index in [1.807, 2.05) is 6.07 Å². The van der Waals surface area contributed by atoms with E-state index in [9.17, 15) is 4.39 Å². The average molecular weight is 307 g/mol. The fourth-order valence-electron chi connectivity index (χ4n) is 1.38. The Bertz CT molecular complexity index is 636. The van der Waals surface area contributed by atoms with Crippen LogP contribution < -0.4 is 11.1 Å². The molecule has 6 heteroatoms. The highest BCUT2D eigenvalue weighted by atomic mass is 79.9. The first kappa shape index (κ1) is 12.3. The third kappa shape index (κ3) is 2.57. The van der Waals surface area contributed by atoms with Crippen LogP contribution >= 0.6 is 15.9 Å². The lowest BCUT2D eigenvalue weighted by molar-refractivity contribution is 0.627. The molecule has 0 atom stereocenters. The first-order valence-electron chi connectivity index (χ1n) is 4.98. The van der Waals surface area contributed by atoms with Crippen molar-refractivity contribution in [3.8, 4) is 6.07 Å². The number of rotatable bonds is 2. The molecule has 0 aliphatic rings. The van der Waals surface area contributed by atoms with Crippen molar-refractivity contribution >= 4 is 33.1 Å². The summed E-state index contributed by atoms with van der Waals surface area (Å²) in [5.74, 6) is 0.0252. The van der Waals surface area contributed by atoms with Gasteiger partial charge in [-0.15, -0.1) is 0 Å². The second kappa shape index (κ2) is 5.02. The summed E-state index contributed by atoms with van der Waals surface area (Å²) >= 11 is 3.23. The lowest BCUT2D eigenvalue weighted by Crippen LogP contribution is -1.99. The third-order valence-electron chi connectivity index (χ3n) is 2.21. The van der Waals surface area contributed by atoms with Gasteiger partial charge in [-0.1, -0.05) is 0 Å². The molecule has 0 aliphatic carbocycles. The largest absolute Gasteiger partial charge is 0.397 e. The van der Waals surface area contributed by atoms with Crippen molar-refractivity contribution in [3.05, 3.63) is 46.3 Å². The van der Waals surface area contributed by atoms with Crippen molar-refractivity contribution in [1.82, 2.24) is 4.98 Å². The van der Waals surface area contributed by atoms with Gasteiger partial charge in [-0.25, -0.2) is 9.37 Å². The smallest absolute Gasteiger partial charge is 0.148 e. The Morgan fingerprint density at radius 3 is 2.83 bits per heavy atom. The molecule has 0 saturated heterocycles. The van der Waals surface area contributed by atoms with Crippen molar-refractivity contribution in [2.75, 3.05) is 11.1 Å². The number of halogens is 2. The van der Waals surface area contributed by atoms with Gasteiger partial charge >= 0.3 is 0 Å². The number of pyridine rings is 1. The Hall–Kier alpha value is -2.13. The first-order chi connectivity index (χ1) is 8.60. The van der Waals surface area contributed by atoms with Gasteiger partial charge in [0, 0.05) is 4.47 Å². The molecule has 4 nitrogen and oxygen atoms in total. The maximum atomic E-state index is 12.9. The van der Waals surface area contributed by atoms with Gasteiger partial charge in [0.15, 0.2) is 0 Å². The zero-order valence-electron chi connectivity index (χ0n) is 9.11. The van der Waals surface area contributed by atoms with Crippen LogP contribution in [0.3, 0.4) is 0 Å². The molecule has 3 N–H and O–H groups in total. The Morgan fingerprint density at radius 1 is 1.39 bits per heavy atom. The van der Waals surface area contributed by atoms with E-state index in [1.54, 1.807) is 6.07 Å². The molecule has 0 spiro atoms. The van der Waals surface area contributed by atoms with Crippen LogP contribution in [0.4, 0.5) is 21.6 Å². The molecule has 1 aromatic heterocycles. The van der Waals surface area contributed by atoms with Gasteiger partial charge in [0.1, 0.15) is 17.7 Å². The van der Waals surface area contributed by atoms with Crippen molar-refractivity contribution in [2.24, 2.45) is 0 Å². The summed E-state index contributed by atoms with van der Waals surface area (Å²) < 4.78 is 13.5. The Balaban J connectivity index is 2.37. The SMILES string of the molecule is N#Cc1cc(N)cnc1Nc1ccc(F)cc1Br. The normalized spacial score (nSPS) is 9.83. The molecule has 2 rings (SSSR count). The van der Waals surface area contributed by atoms with Crippen LogP contribution in [0.2, 0.25) is 0 Å². The number of nitriles is 1. The maximum absolute atomic E-state index is 12.9. The molecule has 0 amide bonds. The lowest BCUT2D eigenvalue weighted by Gasteiger charge is -2.09. The number of hydrogen-bond donors (Lipinski definition) is 2. The van der Waals surface area contributed by atoms with Crippen molar-refractivity contribution in [2.45, 2.75) is 0 Å². The van der Waals surface area contributed by atoms with Gasteiger partial charge < -0.3 is 11.1 Å². The van der Waals surface area contributed by atoms with E-state index in [0.717, 1.165) is 0 Å². The standard InChI is InChI=1S/C12H8BrFN4/c13-10-4-8(14)1-2-11(10)18-12-7(5-15)3-9(16)6-17-12/h1-4,6H,16H2,(H,17,18). The van der Waals surface area contributed by atoms with Crippen molar-refractivity contribution in [3.63, 3.8) is 0 Å². The topological polar surface area (TPSA) is 74.7 Å². The molecule has 18 heavy (non-hydrogen) atoms. The number of nitrogens with zero attached hydrogens (tertiary/aromatic N) is 2. The maximum Gasteiger partial charge on any atom is 0.148 e. The van der Waals surface area contributed by atoms with Crippen molar-refractivity contribution < 1.29 is 4.39 Å². The van der Waals surface area contributed by atoms with E-state index >= 15 is 0 Å². The number of anilines is 3. The summed E-state index contributed by atoms with van der Waals surface area (Å²) in [6.07, 6.45) is 1.45. The lowest BCUT2D eigenvalue weighted by atomic mass is 10.2. The van der Waals surface area contributed by atoms with E-state index < -0.39 is 0 Å². The summed E-state index contributed by atoms with van der Waals surface area (Å²) in [5.41, 5.74) is 6.90. The van der Waals surface area contributed by atoms with E-state index in [0.29, 0.717) is 27.2 Å². The number of benzene rings is 1. The highest BCUT2D eigenvalue weighted by Gasteiger charge is 2.07. The Labute approximate surface area is 111 Å². The zero-order valence-corrected chi connectivity index (χ0v) is 10.7. The fourth-order valence-corrected chi connectivity index (χ4v) is 1.83. The number of nitrogen functional groups attached to an aromatic ring is 1. The van der Waals surface area contributed by atoms with Gasteiger partial charge in [0.05, 0.1) is 23.1 Å². The highest BCUT2D eigenvalue weighted by molar-refractivity contribution is 9.10. The fraction of sp³-hybridized carbons (Fsp3) is 0. The van der Waals surface area contributed by atoms with E-state index in [2.05, 4.69) is 26.2 Å². The van der Waals surface area contributed by atoms with E-state index in [-0.39, 0.29) is 5.82 Å². The van der Waals surface area contributed by atoms with Gasteiger partial charge in [0.25, 0.3) is 0 Å². The molecule has 0 bridgehead atoms. The molecule has 2 aromatic rings. The minimum atomic E-state index is -0.349. The zero-order chi connectivity index (χ0) is 13.1. The van der Waals surface area contributed by atoms with E-state index in [1.165, 1.54) is 24.4 Å². The monoisotopic (exact) mass is 306 g/mol. The molecule has 90 valence electrons. The van der Waals surface area contributed by atoms with E-state index in [4.69, 9.17) is 11.0 Å². The Morgan fingerprint density at radius 2 is 2.17 bits per heavy atom. The van der Waals surface area contributed by atoms with Crippen LogP contribution in [0.5, 0.6) is 0 Å². The average Bonchev–Trinajstić information content (AvgIpc) is 2.34. The second-order valence-corrected chi connectivity index (χ2v) is 4.38. The first-order valence-corrected chi connectivity index (χ1v) is 5.77. The van der Waals surface area contributed by atoms with Crippen LogP contribution in [-0.4, -0.2) is 4.98 Å². The molecule has 0 saturated carbocycles. The summed E-state index contributed by atoms with van der Waals surface area (Å²) in [5, 5.41) is 11.9. The van der Waals surface area contributed by atoms with Gasteiger partial charge in [-0.05, 0) is 40.2 Å². The van der Waals surface area contributed by atoms with Crippen LogP contribution in [0.15, 0.2) is 34.9 Å². The Kier molecular flexibility index (Phi) is 3.44. The number of hydrogen-bond acceptors (Lipinski definition) is 4. The summed E-state index contributed by atoms with van der Waals surface area (Å²) in [7, 11) is 0. The molecule has 0 aliphatic heterocycles. The van der Waals surface area contributed by atoms with Crippen LogP contribution in [-0.2, 0) is 0 Å². The van der Waals surface area contributed by atoms with Gasteiger partial charge in [-0.3, -0.25) is 0 Å². The summed E-state index contributed by atoms with van der Waals surface area (Å²) in [4.78, 5) is 4.03. The molecule has 0 fully saturated rings. The molecule has 1 heterocycles. The molecular formula is C12H8BrFN4. The number of nitrogens with one attached hydrogen (secondary N) is 1. The van der Waals surface area contributed by atoms with Crippen LogP contribution in [0, 0.1) is 17.1 Å². The molecule has 0 unspecified atom stereocenters. The van der Waals surface area contributed by atoms with Crippen molar-refractivity contribution in [1.29, 1.82) is 5.26 Å². The summed E-state index contributed by atoms with van der Waals surface area (Å²) in [6, 6.07) is 7.71. The number of aromatic nitrogens is 1. The number of nitrogens with two attached hydrogens (primary N) is 1. The van der Waals surface area contributed by atoms with Crippen LogP contribution in [0.25, 0.3) is 0 Å². The molecule has 0 radical (unpaired) electrons.